The van der Waals surface area contributed by atoms with Crippen molar-refractivity contribution in [3.8, 4) is 0 Å². The minimum Gasteiger partial charge on any atom is -0.384 e. The van der Waals surface area contributed by atoms with Crippen LogP contribution in [0.3, 0.4) is 0 Å². The average molecular weight is 345 g/mol. The van der Waals surface area contributed by atoms with E-state index in [1.807, 2.05) is 12.1 Å². The number of methoxy groups -OCH3 is 1. The topological polar surface area (TPSA) is 26.3 Å². The van der Waals surface area contributed by atoms with E-state index in [9.17, 15) is 4.79 Å². The number of benzene rings is 1. The summed E-state index contributed by atoms with van der Waals surface area (Å²) in [5, 5.41) is 0. The van der Waals surface area contributed by atoms with E-state index >= 15 is 0 Å². The zero-order chi connectivity index (χ0) is 18.2. The highest BCUT2D eigenvalue weighted by atomic mass is 16.5. The molecule has 2 heteroatoms. The first-order chi connectivity index (χ1) is 12.0. The van der Waals surface area contributed by atoms with Gasteiger partial charge in [-0.2, -0.15) is 0 Å². The summed E-state index contributed by atoms with van der Waals surface area (Å²) in [5.74, 6) is 3.01. The molecule has 1 aliphatic carbocycles. The molecule has 0 radical (unpaired) electrons. The number of carbonyl (C=O) groups excluding carboxylic acids is 1. The van der Waals surface area contributed by atoms with Crippen LogP contribution in [0.4, 0.5) is 0 Å². The summed E-state index contributed by atoms with van der Waals surface area (Å²) in [6, 6.07) is 8.16. The molecule has 2 nitrogen and oxygen atoms in total. The number of carbonyl (C=O) groups is 1. The van der Waals surface area contributed by atoms with Gasteiger partial charge in [-0.15, -0.1) is 0 Å². The predicted molar refractivity (Wildman–Crippen MR) is 105 cm³/mol. The minimum absolute atomic E-state index is 0.235. The molecular weight excluding hydrogens is 308 g/mol. The van der Waals surface area contributed by atoms with Gasteiger partial charge in [0.1, 0.15) is 0 Å². The third-order valence-corrected chi connectivity index (χ3v) is 5.98. The summed E-state index contributed by atoms with van der Waals surface area (Å²) < 4.78 is 5.11. The fourth-order valence-electron chi connectivity index (χ4n) is 4.07. The summed E-state index contributed by atoms with van der Waals surface area (Å²) in [7, 11) is 1.72. The standard InChI is InChI=1S/C23H36O2/c1-17(2)5-6-18(3)20-11-13-22(14-12-20)23(24)21-9-7-19(8-10-21)15-16-25-4/h7-10,17-18,20,22H,5-6,11-16H2,1-4H3. The van der Waals surface area contributed by atoms with Crippen LogP contribution in [0.25, 0.3) is 0 Å². The summed E-state index contributed by atoms with van der Waals surface area (Å²) >= 11 is 0. The number of ether oxygens (including phenoxy) is 1. The molecule has 1 aromatic rings. The first-order valence-electron chi connectivity index (χ1n) is 10.1. The van der Waals surface area contributed by atoms with Gasteiger partial charge in [-0.25, -0.2) is 0 Å². The Bertz CT molecular complexity index is 509. The first-order valence-corrected chi connectivity index (χ1v) is 10.1. The lowest BCUT2D eigenvalue weighted by Crippen LogP contribution is -2.25. The van der Waals surface area contributed by atoms with Crippen LogP contribution >= 0.6 is 0 Å². The molecule has 1 aromatic carbocycles. The van der Waals surface area contributed by atoms with Gasteiger partial charge in [0, 0.05) is 18.6 Å². The van der Waals surface area contributed by atoms with Gasteiger partial charge in [0.25, 0.3) is 0 Å². The van der Waals surface area contributed by atoms with Gasteiger partial charge in [-0.3, -0.25) is 4.79 Å². The number of hydrogen-bond donors (Lipinski definition) is 0. The minimum atomic E-state index is 0.235. The molecule has 0 saturated heterocycles. The lowest BCUT2D eigenvalue weighted by Gasteiger charge is -2.32. The fraction of sp³-hybridized carbons (Fsp3) is 0.696. The Morgan fingerprint density at radius 2 is 1.68 bits per heavy atom. The summed E-state index contributed by atoms with van der Waals surface area (Å²) in [4.78, 5) is 12.8. The zero-order valence-electron chi connectivity index (χ0n) is 16.6. The normalized spacial score (nSPS) is 22.1. The Morgan fingerprint density at radius 1 is 1.04 bits per heavy atom. The molecule has 0 heterocycles. The lowest BCUT2D eigenvalue weighted by atomic mass is 9.73. The van der Waals surface area contributed by atoms with Gasteiger partial charge in [-0.05, 0) is 55.4 Å². The van der Waals surface area contributed by atoms with Crippen molar-refractivity contribution in [1.29, 1.82) is 0 Å². The highest BCUT2D eigenvalue weighted by molar-refractivity contribution is 5.97. The average Bonchev–Trinajstić information content (AvgIpc) is 2.64. The number of rotatable bonds is 9. The predicted octanol–water partition coefficient (Wildman–Crippen LogP) is 5.94. The monoisotopic (exact) mass is 344 g/mol. The summed E-state index contributed by atoms with van der Waals surface area (Å²) in [6.45, 7) is 7.76. The van der Waals surface area contributed by atoms with Crippen molar-refractivity contribution in [2.45, 2.75) is 65.7 Å². The smallest absolute Gasteiger partial charge is 0.165 e. The maximum Gasteiger partial charge on any atom is 0.165 e. The van der Waals surface area contributed by atoms with E-state index in [0.29, 0.717) is 5.78 Å². The molecule has 0 aromatic heterocycles. The molecular formula is C23H36O2. The van der Waals surface area contributed by atoms with Gasteiger partial charge < -0.3 is 4.74 Å². The lowest BCUT2D eigenvalue weighted by molar-refractivity contribution is 0.0853. The Morgan fingerprint density at radius 3 is 2.24 bits per heavy atom. The second-order valence-electron chi connectivity index (χ2n) is 8.36. The molecule has 1 unspecified atom stereocenters. The Hall–Kier alpha value is -1.15. The molecule has 1 atom stereocenters. The van der Waals surface area contributed by atoms with Gasteiger partial charge in [0.15, 0.2) is 5.78 Å². The quantitative estimate of drug-likeness (QED) is 0.518. The molecule has 1 saturated carbocycles. The van der Waals surface area contributed by atoms with Crippen LogP contribution in [0.5, 0.6) is 0 Å². The molecule has 0 spiro atoms. The summed E-state index contributed by atoms with van der Waals surface area (Å²) in [5.41, 5.74) is 2.12. The summed E-state index contributed by atoms with van der Waals surface area (Å²) in [6.07, 6.45) is 8.16. The van der Waals surface area contributed by atoms with Crippen molar-refractivity contribution in [3.05, 3.63) is 35.4 Å². The Balaban J connectivity index is 1.82. The number of ketones is 1. The van der Waals surface area contributed by atoms with Crippen LogP contribution in [0.15, 0.2) is 24.3 Å². The van der Waals surface area contributed by atoms with E-state index in [-0.39, 0.29) is 5.92 Å². The molecule has 25 heavy (non-hydrogen) atoms. The van der Waals surface area contributed by atoms with E-state index in [0.717, 1.165) is 49.2 Å². The van der Waals surface area contributed by atoms with Crippen molar-refractivity contribution in [3.63, 3.8) is 0 Å². The maximum atomic E-state index is 12.8. The van der Waals surface area contributed by atoms with E-state index in [1.54, 1.807) is 7.11 Å². The van der Waals surface area contributed by atoms with Crippen LogP contribution in [0, 0.1) is 23.7 Å². The van der Waals surface area contributed by atoms with Crippen LogP contribution in [0.1, 0.15) is 75.2 Å². The second-order valence-corrected chi connectivity index (χ2v) is 8.36. The van der Waals surface area contributed by atoms with Gasteiger partial charge in [0.05, 0.1) is 6.61 Å². The molecule has 2 rings (SSSR count). The fourth-order valence-corrected chi connectivity index (χ4v) is 4.07. The van der Waals surface area contributed by atoms with E-state index < -0.39 is 0 Å². The first kappa shape index (κ1) is 20.2. The van der Waals surface area contributed by atoms with Crippen molar-refractivity contribution in [2.75, 3.05) is 13.7 Å². The van der Waals surface area contributed by atoms with Crippen molar-refractivity contribution >= 4 is 5.78 Å². The van der Waals surface area contributed by atoms with Crippen LogP contribution in [-0.2, 0) is 11.2 Å². The number of hydrogen-bond acceptors (Lipinski definition) is 2. The molecule has 0 amide bonds. The van der Waals surface area contributed by atoms with Crippen molar-refractivity contribution < 1.29 is 9.53 Å². The third kappa shape index (κ3) is 6.26. The number of Topliss-reactive ketones (excluding diaryl/α,β-unsaturated/α-hetero) is 1. The van der Waals surface area contributed by atoms with Crippen molar-refractivity contribution in [2.24, 2.45) is 23.7 Å². The molecule has 0 bridgehead atoms. The van der Waals surface area contributed by atoms with Gasteiger partial charge in [-0.1, -0.05) is 57.9 Å². The SMILES string of the molecule is COCCc1ccc(C(=O)C2CCC(C(C)CCC(C)C)CC2)cc1. The highest BCUT2D eigenvalue weighted by Crippen LogP contribution is 2.36. The van der Waals surface area contributed by atoms with E-state index in [1.165, 1.54) is 31.2 Å². The molecule has 1 fully saturated rings. The van der Waals surface area contributed by atoms with Crippen LogP contribution in [0.2, 0.25) is 0 Å². The molecule has 1 aliphatic rings. The Labute approximate surface area is 154 Å². The molecule has 140 valence electrons. The second kappa shape index (κ2) is 10.1. The van der Waals surface area contributed by atoms with Crippen LogP contribution < -0.4 is 0 Å². The van der Waals surface area contributed by atoms with E-state index in [4.69, 9.17) is 4.74 Å². The Kier molecular flexibility index (Phi) is 8.15. The molecule has 0 N–H and O–H groups in total. The largest absolute Gasteiger partial charge is 0.384 e. The van der Waals surface area contributed by atoms with Gasteiger partial charge in [0.2, 0.25) is 0 Å². The highest BCUT2D eigenvalue weighted by Gasteiger charge is 2.29. The van der Waals surface area contributed by atoms with Crippen molar-refractivity contribution in [1.82, 2.24) is 0 Å². The van der Waals surface area contributed by atoms with Crippen LogP contribution in [-0.4, -0.2) is 19.5 Å². The van der Waals surface area contributed by atoms with E-state index in [2.05, 4.69) is 32.9 Å². The van der Waals surface area contributed by atoms with Gasteiger partial charge >= 0.3 is 0 Å². The third-order valence-electron chi connectivity index (χ3n) is 5.98. The zero-order valence-corrected chi connectivity index (χ0v) is 16.6. The molecule has 0 aliphatic heterocycles. The maximum absolute atomic E-state index is 12.8.